The summed E-state index contributed by atoms with van der Waals surface area (Å²) in [5, 5.41) is 3.99. The van der Waals surface area contributed by atoms with E-state index in [2.05, 4.69) is 34.3 Å². The molecule has 3 aromatic rings. The number of rotatable bonds is 9. The first-order valence-electron chi connectivity index (χ1n) is 10.0. The summed E-state index contributed by atoms with van der Waals surface area (Å²) >= 11 is 0. The lowest BCUT2D eigenvalue weighted by Crippen LogP contribution is -2.01. The fraction of sp³-hybridized carbons (Fsp3) is 0.292. The molecule has 0 radical (unpaired) electrons. The van der Waals surface area contributed by atoms with Crippen LogP contribution in [-0.2, 0) is 17.6 Å². The lowest BCUT2D eigenvalue weighted by atomic mass is 10.1. The van der Waals surface area contributed by atoms with Gasteiger partial charge in [-0.05, 0) is 73.2 Å². The third kappa shape index (κ3) is 5.70. The first-order valence-corrected chi connectivity index (χ1v) is 10.0. The zero-order chi connectivity index (χ0) is 20.6. The number of carbonyl (C=O) groups excluding carboxylic acids is 1. The Kier molecular flexibility index (Phi) is 7.06. The van der Waals surface area contributed by atoms with Gasteiger partial charge in [0.05, 0.1) is 5.52 Å². The zero-order valence-corrected chi connectivity index (χ0v) is 16.9. The Hall–Kier alpha value is -3.08. The Balaban J connectivity index is 1.48. The van der Waals surface area contributed by atoms with Crippen LogP contribution in [0, 0.1) is 5.82 Å². The average Bonchev–Trinajstić information content (AvgIpc) is 2.75. The summed E-state index contributed by atoms with van der Waals surface area (Å²) in [6.45, 7) is 2.12. The maximum Gasteiger partial charge on any atom is 0.155 e. The number of nitrogens with one attached hydrogen (secondary N) is 1. The van der Waals surface area contributed by atoms with E-state index in [0.29, 0.717) is 11.9 Å². The van der Waals surface area contributed by atoms with E-state index < -0.39 is 0 Å². The summed E-state index contributed by atoms with van der Waals surface area (Å²) in [7, 11) is 1.89. The molecule has 0 aliphatic rings. The van der Waals surface area contributed by atoms with Gasteiger partial charge in [-0.25, -0.2) is 9.37 Å². The van der Waals surface area contributed by atoms with Gasteiger partial charge in [0.2, 0.25) is 0 Å². The van der Waals surface area contributed by atoms with Crippen LogP contribution in [-0.4, -0.2) is 22.8 Å². The molecule has 0 unspecified atom stereocenters. The molecule has 0 aliphatic carbocycles. The molecular weight excluding hydrogens is 365 g/mol. The van der Waals surface area contributed by atoms with Crippen LogP contribution in [0.2, 0.25) is 0 Å². The average molecular weight is 391 g/mol. The first kappa shape index (κ1) is 20.6. The van der Waals surface area contributed by atoms with E-state index in [1.54, 1.807) is 24.4 Å². The van der Waals surface area contributed by atoms with E-state index in [9.17, 15) is 9.18 Å². The number of unbranched alkanes of at least 4 members (excludes halogenated alkanes) is 1. The molecule has 2 heterocycles. The van der Waals surface area contributed by atoms with Gasteiger partial charge >= 0.3 is 0 Å². The molecule has 0 fully saturated rings. The molecule has 5 heteroatoms. The van der Waals surface area contributed by atoms with Crippen molar-refractivity contribution in [1.29, 1.82) is 0 Å². The Morgan fingerprint density at radius 2 is 2.03 bits per heavy atom. The standard InChI is InChI=1S/C24H26FN3O/c1-3-18-10-12-21(28-24(18)26-2)6-4-5-7-22(29)13-8-17-14-19-9-11-20(25)15-23(19)27-16-17/h8-16H,3-7H2,1-2H3,(H,26,28). The second kappa shape index (κ2) is 9.92. The number of nitrogens with zero attached hydrogens (tertiary/aromatic N) is 2. The van der Waals surface area contributed by atoms with Gasteiger partial charge in [-0.3, -0.25) is 9.78 Å². The maximum absolute atomic E-state index is 13.2. The van der Waals surface area contributed by atoms with Crippen LogP contribution in [0.3, 0.4) is 0 Å². The van der Waals surface area contributed by atoms with Gasteiger partial charge in [-0.1, -0.05) is 13.0 Å². The molecule has 0 saturated heterocycles. The minimum absolute atomic E-state index is 0.0920. The van der Waals surface area contributed by atoms with Crippen molar-refractivity contribution < 1.29 is 9.18 Å². The number of anilines is 1. The summed E-state index contributed by atoms with van der Waals surface area (Å²) in [6.07, 6.45) is 9.08. The number of hydrogen-bond donors (Lipinski definition) is 1. The number of carbonyl (C=O) groups is 1. The van der Waals surface area contributed by atoms with E-state index in [4.69, 9.17) is 0 Å². The van der Waals surface area contributed by atoms with Crippen molar-refractivity contribution in [1.82, 2.24) is 9.97 Å². The lowest BCUT2D eigenvalue weighted by Gasteiger charge is -2.08. The highest BCUT2D eigenvalue weighted by molar-refractivity contribution is 5.94. The highest BCUT2D eigenvalue weighted by Gasteiger charge is 2.04. The predicted molar refractivity (Wildman–Crippen MR) is 116 cm³/mol. The van der Waals surface area contributed by atoms with Gasteiger partial charge in [-0.2, -0.15) is 0 Å². The molecule has 0 spiro atoms. The molecule has 1 aromatic carbocycles. The fourth-order valence-corrected chi connectivity index (χ4v) is 3.25. The third-order valence-electron chi connectivity index (χ3n) is 4.89. The SMILES string of the molecule is CCc1ccc(CCCCC(=O)C=Cc2cnc3cc(F)ccc3c2)nc1NC. The van der Waals surface area contributed by atoms with Crippen LogP contribution in [0.1, 0.15) is 43.0 Å². The van der Waals surface area contributed by atoms with Crippen molar-refractivity contribution >= 4 is 28.6 Å². The summed E-state index contributed by atoms with van der Waals surface area (Å²) in [6, 6.07) is 10.6. The van der Waals surface area contributed by atoms with E-state index in [-0.39, 0.29) is 11.6 Å². The van der Waals surface area contributed by atoms with Crippen LogP contribution >= 0.6 is 0 Å². The number of pyridine rings is 2. The molecule has 3 rings (SSSR count). The van der Waals surface area contributed by atoms with Crippen molar-refractivity contribution in [2.45, 2.75) is 39.0 Å². The van der Waals surface area contributed by atoms with Crippen molar-refractivity contribution in [3.05, 3.63) is 71.3 Å². The topological polar surface area (TPSA) is 54.9 Å². The molecule has 29 heavy (non-hydrogen) atoms. The minimum Gasteiger partial charge on any atom is -0.373 e. The molecule has 1 N–H and O–H groups in total. The molecule has 0 aliphatic heterocycles. The van der Waals surface area contributed by atoms with Gasteiger partial charge in [0.15, 0.2) is 5.78 Å². The normalized spacial score (nSPS) is 11.3. The number of allylic oxidation sites excluding steroid dienone is 1. The summed E-state index contributed by atoms with van der Waals surface area (Å²) in [4.78, 5) is 21.0. The molecule has 2 aromatic heterocycles. The van der Waals surface area contributed by atoms with Crippen LogP contribution in [0.25, 0.3) is 17.0 Å². The van der Waals surface area contributed by atoms with Gasteiger partial charge in [0.25, 0.3) is 0 Å². The summed E-state index contributed by atoms with van der Waals surface area (Å²) in [5.74, 6) is 0.729. The number of hydrogen-bond acceptors (Lipinski definition) is 4. The Bertz CT molecular complexity index is 1030. The van der Waals surface area contributed by atoms with E-state index >= 15 is 0 Å². The largest absolute Gasteiger partial charge is 0.373 e. The van der Waals surface area contributed by atoms with Gasteiger partial charge in [0.1, 0.15) is 11.6 Å². The first-order chi connectivity index (χ1) is 14.1. The second-order valence-electron chi connectivity index (χ2n) is 7.03. The van der Waals surface area contributed by atoms with Crippen LogP contribution in [0.5, 0.6) is 0 Å². The van der Waals surface area contributed by atoms with E-state index in [0.717, 1.165) is 48.1 Å². The Morgan fingerprint density at radius 1 is 1.17 bits per heavy atom. The van der Waals surface area contributed by atoms with Crippen LogP contribution < -0.4 is 5.32 Å². The van der Waals surface area contributed by atoms with Crippen LogP contribution in [0.4, 0.5) is 10.2 Å². The molecule has 0 bridgehead atoms. The predicted octanol–water partition coefficient (Wildman–Crippen LogP) is 5.37. The van der Waals surface area contributed by atoms with Crippen molar-refractivity contribution in [2.75, 3.05) is 12.4 Å². The summed E-state index contributed by atoms with van der Waals surface area (Å²) in [5.41, 5.74) is 3.70. The molecule has 0 saturated carbocycles. The number of fused-ring (bicyclic) bond motifs is 1. The molecule has 0 atom stereocenters. The Labute approximate surface area is 170 Å². The molecular formula is C24H26FN3O. The summed E-state index contributed by atoms with van der Waals surface area (Å²) < 4.78 is 13.2. The second-order valence-corrected chi connectivity index (χ2v) is 7.03. The number of benzene rings is 1. The third-order valence-corrected chi connectivity index (χ3v) is 4.89. The lowest BCUT2D eigenvalue weighted by molar-refractivity contribution is -0.114. The zero-order valence-electron chi connectivity index (χ0n) is 16.9. The number of ketones is 1. The monoisotopic (exact) mass is 391 g/mol. The van der Waals surface area contributed by atoms with Crippen molar-refractivity contribution in [2.24, 2.45) is 0 Å². The highest BCUT2D eigenvalue weighted by atomic mass is 19.1. The Morgan fingerprint density at radius 3 is 2.83 bits per heavy atom. The molecule has 0 amide bonds. The van der Waals surface area contributed by atoms with E-state index in [1.165, 1.54) is 17.7 Å². The van der Waals surface area contributed by atoms with Gasteiger partial charge < -0.3 is 5.32 Å². The number of halogens is 1. The smallest absolute Gasteiger partial charge is 0.155 e. The molecule has 150 valence electrons. The quantitative estimate of drug-likeness (QED) is 0.394. The van der Waals surface area contributed by atoms with Gasteiger partial charge in [0, 0.05) is 36.8 Å². The van der Waals surface area contributed by atoms with Crippen LogP contribution in [0.15, 0.2) is 48.7 Å². The fourth-order valence-electron chi connectivity index (χ4n) is 3.25. The maximum atomic E-state index is 13.2. The molecule has 4 nitrogen and oxygen atoms in total. The van der Waals surface area contributed by atoms with Crippen molar-refractivity contribution in [3.63, 3.8) is 0 Å². The van der Waals surface area contributed by atoms with Crippen molar-refractivity contribution in [3.8, 4) is 0 Å². The minimum atomic E-state index is -0.304. The highest BCUT2D eigenvalue weighted by Crippen LogP contribution is 2.17. The van der Waals surface area contributed by atoms with Gasteiger partial charge in [-0.15, -0.1) is 0 Å². The number of aryl methyl sites for hydroxylation is 2. The number of aromatic nitrogens is 2. The van der Waals surface area contributed by atoms with E-state index in [1.807, 2.05) is 13.1 Å².